The molecule has 0 radical (unpaired) electrons. The molecule has 3 rings (SSSR count). The Bertz CT molecular complexity index is 557. The number of carboxylic acids is 1. The molecule has 5 nitrogen and oxygen atoms in total. The van der Waals surface area contributed by atoms with Gasteiger partial charge in [0.25, 0.3) is 5.91 Å². The number of nitrogens with zero attached hydrogens (tertiary/aromatic N) is 1. The SMILES string of the molecule is C[C@@H]1CC[C@@H](C(=O)N2C[C@@H](C(=O)O)c3ccccc32)O1. The summed E-state index contributed by atoms with van der Waals surface area (Å²) >= 11 is 0. The van der Waals surface area contributed by atoms with Crippen molar-refractivity contribution < 1.29 is 19.4 Å². The topological polar surface area (TPSA) is 66.8 Å². The normalized spacial score (nSPS) is 28.4. The molecule has 0 unspecified atom stereocenters. The van der Waals surface area contributed by atoms with Crippen LogP contribution in [0.2, 0.25) is 0 Å². The van der Waals surface area contributed by atoms with Crippen LogP contribution in [-0.2, 0) is 14.3 Å². The minimum absolute atomic E-state index is 0.0945. The number of fused-ring (bicyclic) bond motifs is 1. The quantitative estimate of drug-likeness (QED) is 0.893. The number of carboxylic acid groups (broad SMARTS) is 1. The Hall–Kier alpha value is -1.88. The summed E-state index contributed by atoms with van der Waals surface area (Å²) in [7, 11) is 0. The van der Waals surface area contributed by atoms with Crippen LogP contribution in [-0.4, -0.2) is 35.7 Å². The number of benzene rings is 1. The Morgan fingerprint density at radius 3 is 2.70 bits per heavy atom. The number of anilines is 1. The minimum Gasteiger partial charge on any atom is -0.481 e. The highest BCUT2D eigenvalue weighted by Crippen LogP contribution is 2.37. The van der Waals surface area contributed by atoms with Gasteiger partial charge < -0.3 is 14.7 Å². The third kappa shape index (κ3) is 2.08. The van der Waals surface area contributed by atoms with Gasteiger partial charge in [-0.15, -0.1) is 0 Å². The average molecular weight is 275 g/mol. The number of para-hydroxylation sites is 1. The molecule has 2 aliphatic heterocycles. The molecule has 1 aromatic rings. The standard InChI is InChI=1S/C15H17NO4/c1-9-6-7-13(20-9)14(17)16-8-11(15(18)19)10-4-2-3-5-12(10)16/h2-5,9,11,13H,6-8H2,1H3,(H,18,19)/t9-,11-,13+/m1/s1. The number of hydrogen-bond donors (Lipinski definition) is 1. The first-order valence-corrected chi connectivity index (χ1v) is 6.86. The Labute approximate surface area is 117 Å². The molecular weight excluding hydrogens is 258 g/mol. The predicted octanol–water partition coefficient (Wildman–Crippen LogP) is 1.77. The first-order chi connectivity index (χ1) is 9.58. The van der Waals surface area contributed by atoms with Crippen LogP contribution in [0.1, 0.15) is 31.2 Å². The van der Waals surface area contributed by atoms with Crippen molar-refractivity contribution in [2.75, 3.05) is 11.4 Å². The van der Waals surface area contributed by atoms with Crippen molar-refractivity contribution in [1.82, 2.24) is 0 Å². The molecule has 1 aromatic carbocycles. The van der Waals surface area contributed by atoms with Gasteiger partial charge in [0, 0.05) is 12.2 Å². The van der Waals surface area contributed by atoms with E-state index in [9.17, 15) is 14.7 Å². The second-order valence-electron chi connectivity index (χ2n) is 5.41. The molecule has 106 valence electrons. The summed E-state index contributed by atoms with van der Waals surface area (Å²) in [6.45, 7) is 2.15. The summed E-state index contributed by atoms with van der Waals surface area (Å²) in [4.78, 5) is 25.4. The van der Waals surface area contributed by atoms with Crippen LogP contribution in [0, 0.1) is 0 Å². The van der Waals surface area contributed by atoms with Gasteiger partial charge in [0.05, 0.1) is 6.10 Å². The predicted molar refractivity (Wildman–Crippen MR) is 72.7 cm³/mol. The molecule has 1 saturated heterocycles. The van der Waals surface area contributed by atoms with Gasteiger partial charge in [-0.1, -0.05) is 18.2 Å². The summed E-state index contributed by atoms with van der Waals surface area (Å²) in [5.41, 5.74) is 1.41. The zero-order valence-corrected chi connectivity index (χ0v) is 11.3. The number of carbonyl (C=O) groups is 2. The number of hydrogen-bond acceptors (Lipinski definition) is 3. The Morgan fingerprint density at radius 1 is 1.30 bits per heavy atom. The number of aliphatic carboxylic acids is 1. The highest BCUT2D eigenvalue weighted by molar-refractivity contribution is 6.01. The lowest BCUT2D eigenvalue weighted by molar-refractivity contribution is -0.138. The number of amides is 1. The van der Waals surface area contributed by atoms with E-state index in [-0.39, 0.29) is 18.6 Å². The van der Waals surface area contributed by atoms with E-state index < -0.39 is 18.0 Å². The van der Waals surface area contributed by atoms with E-state index in [0.717, 1.165) is 6.42 Å². The fourth-order valence-corrected chi connectivity index (χ4v) is 2.99. The fraction of sp³-hybridized carbons (Fsp3) is 0.467. The smallest absolute Gasteiger partial charge is 0.312 e. The van der Waals surface area contributed by atoms with Gasteiger partial charge in [-0.05, 0) is 31.4 Å². The molecule has 0 aliphatic carbocycles. The zero-order chi connectivity index (χ0) is 14.3. The molecule has 5 heteroatoms. The van der Waals surface area contributed by atoms with Crippen LogP contribution in [0.15, 0.2) is 24.3 Å². The van der Waals surface area contributed by atoms with E-state index in [1.54, 1.807) is 23.1 Å². The van der Waals surface area contributed by atoms with Crippen LogP contribution >= 0.6 is 0 Å². The molecule has 0 saturated carbocycles. The van der Waals surface area contributed by atoms with Gasteiger partial charge in [0.2, 0.25) is 0 Å². The Morgan fingerprint density at radius 2 is 2.05 bits per heavy atom. The van der Waals surface area contributed by atoms with E-state index in [4.69, 9.17) is 4.74 Å². The van der Waals surface area contributed by atoms with Crippen LogP contribution in [0.4, 0.5) is 5.69 Å². The summed E-state index contributed by atoms with van der Waals surface area (Å²) in [6.07, 6.45) is 1.23. The second-order valence-corrected chi connectivity index (χ2v) is 5.41. The van der Waals surface area contributed by atoms with Crippen molar-refractivity contribution in [2.45, 2.75) is 37.9 Å². The number of ether oxygens (including phenoxy) is 1. The maximum atomic E-state index is 12.5. The molecule has 0 spiro atoms. The number of carbonyl (C=O) groups excluding carboxylic acids is 1. The van der Waals surface area contributed by atoms with Crippen molar-refractivity contribution >= 4 is 17.6 Å². The Kier molecular flexibility index (Phi) is 3.22. The van der Waals surface area contributed by atoms with E-state index in [1.807, 2.05) is 13.0 Å². The summed E-state index contributed by atoms with van der Waals surface area (Å²) in [6, 6.07) is 7.20. The van der Waals surface area contributed by atoms with E-state index in [2.05, 4.69) is 0 Å². The van der Waals surface area contributed by atoms with Crippen molar-refractivity contribution in [1.29, 1.82) is 0 Å². The molecule has 1 fully saturated rings. The fourth-order valence-electron chi connectivity index (χ4n) is 2.99. The lowest BCUT2D eigenvalue weighted by Gasteiger charge is -2.21. The van der Waals surface area contributed by atoms with Gasteiger partial charge in [0.15, 0.2) is 0 Å². The van der Waals surface area contributed by atoms with Crippen molar-refractivity contribution in [3.63, 3.8) is 0 Å². The Balaban J connectivity index is 1.88. The maximum absolute atomic E-state index is 12.5. The number of rotatable bonds is 2. The second kappa shape index (κ2) is 4.90. The molecule has 2 aliphatic rings. The van der Waals surface area contributed by atoms with Crippen molar-refractivity contribution in [3.05, 3.63) is 29.8 Å². The van der Waals surface area contributed by atoms with Gasteiger partial charge in [-0.2, -0.15) is 0 Å². The maximum Gasteiger partial charge on any atom is 0.312 e. The third-order valence-electron chi connectivity index (χ3n) is 4.04. The molecular formula is C15H17NO4. The third-order valence-corrected chi connectivity index (χ3v) is 4.04. The summed E-state index contributed by atoms with van der Waals surface area (Å²) in [5, 5.41) is 9.30. The van der Waals surface area contributed by atoms with Crippen LogP contribution < -0.4 is 4.90 Å². The summed E-state index contributed by atoms with van der Waals surface area (Å²) < 4.78 is 5.61. The monoisotopic (exact) mass is 275 g/mol. The first kappa shape index (κ1) is 13.1. The van der Waals surface area contributed by atoms with Gasteiger partial charge in [-0.25, -0.2) is 0 Å². The molecule has 1 amide bonds. The lowest BCUT2D eigenvalue weighted by Crippen LogP contribution is -2.39. The average Bonchev–Trinajstić information content (AvgIpc) is 3.02. The largest absolute Gasteiger partial charge is 0.481 e. The van der Waals surface area contributed by atoms with Gasteiger partial charge >= 0.3 is 5.97 Å². The molecule has 2 heterocycles. The molecule has 1 N–H and O–H groups in total. The zero-order valence-electron chi connectivity index (χ0n) is 11.3. The highest BCUT2D eigenvalue weighted by atomic mass is 16.5. The summed E-state index contributed by atoms with van der Waals surface area (Å²) in [5.74, 6) is -1.66. The molecule has 0 bridgehead atoms. The van der Waals surface area contributed by atoms with Crippen LogP contribution in [0.3, 0.4) is 0 Å². The van der Waals surface area contributed by atoms with Crippen molar-refractivity contribution in [2.24, 2.45) is 0 Å². The lowest BCUT2D eigenvalue weighted by atomic mass is 10.0. The van der Waals surface area contributed by atoms with Crippen molar-refractivity contribution in [3.8, 4) is 0 Å². The van der Waals surface area contributed by atoms with Crippen LogP contribution in [0.5, 0.6) is 0 Å². The minimum atomic E-state index is -0.895. The van der Waals surface area contributed by atoms with E-state index in [1.165, 1.54) is 0 Å². The molecule has 3 atom stereocenters. The van der Waals surface area contributed by atoms with Crippen LogP contribution in [0.25, 0.3) is 0 Å². The van der Waals surface area contributed by atoms with Gasteiger partial charge in [0.1, 0.15) is 12.0 Å². The first-order valence-electron chi connectivity index (χ1n) is 6.86. The van der Waals surface area contributed by atoms with E-state index >= 15 is 0 Å². The molecule has 20 heavy (non-hydrogen) atoms. The highest BCUT2D eigenvalue weighted by Gasteiger charge is 2.40. The van der Waals surface area contributed by atoms with Gasteiger partial charge in [-0.3, -0.25) is 9.59 Å². The molecule has 0 aromatic heterocycles. The van der Waals surface area contributed by atoms with E-state index in [0.29, 0.717) is 17.7 Å².